The molecule has 0 aliphatic heterocycles. The zero-order valence-corrected chi connectivity index (χ0v) is 32.3. The molecule has 0 fully saturated rings. The van der Waals surface area contributed by atoms with Crippen molar-refractivity contribution in [1.29, 1.82) is 0 Å². The molecule has 274 valence electrons. The van der Waals surface area contributed by atoms with E-state index in [1.165, 1.54) is 42.4 Å². The maximum atomic E-state index is 6.64. The molecule has 0 spiro atoms. The first kappa shape index (κ1) is 33.9. The Morgan fingerprint density at radius 1 is 0.328 bits per heavy atom. The number of rotatable bonds is 8. The lowest BCUT2D eigenvalue weighted by Gasteiger charge is -2.27. The molecule has 9 aromatic carbocycles. The van der Waals surface area contributed by atoms with E-state index in [-0.39, 0.29) is 0 Å². The van der Waals surface area contributed by atoms with Gasteiger partial charge in [0.15, 0.2) is 5.58 Å². The Hall–Kier alpha value is -7.40. The van der Waals surface area contributed by atoms with Crippen molar-refractivity contribution in [3.8, 4) is 22.3 Å². The average molecular weight is 761 g/mol. The Balaban J connectivity index is 1.07. The summed E-state index contributed by atoms with van der Waals surface area (Å²) < 4.78 is 9.09. The van der Waals surface area contributed by atoms with E-state index in [4.69, 9.17) is 4.42 Å². The normalized spacial score (nSPS) is 11.4. The Bertz CT molecular complexity index is 3120. The van der Waals surface area contributed by atoms with E-state index in [1.807, 2.05) is 17.4 Å². The lowest BCUT2D eigenvalue weighted by atomic mass is 10.0. The van der Waals surface area contributed by atoms with Crippen molar-refractivity contribution in [2.24, 2.45) is 0 Å². The Labute approximate surface area is 340 Å². The van der Waals surface area contributed by atoms with E-state index in [2.05, 4.69) is 222 Å². The summed E-state index contributed by atoms with van der Waals surface area (Å²) in [5, 5.41) is 4.66. The molecule has 0 saturated carbocycles. The number of benzene rings is 9. The number of hydrogen-bond acceptors (Lipinski definition) is 4. The van der Waals surface area contributed by atoms with Crippen LogP contribution in [0.5, 0.6) is 0 Å². The zero-order valence-electron chi connectivity index (χ0n) is 31.5. The maximum absolute atomic E-state index is 6.64. The lowest BCUT2D eigenvalue weighted by molar-refractivity contribution is 0.669. The van der Waals surface area contributed by atoms with Crippen LogP contribution in [0.2, 0.25) is 0 Å². The van der Waals surface area contributed by atoms with Crippen LogP contribution in [0.4, 0.5) is 34.1 Å². The van der Waals surface area contributed by atoms with Crippen LogP contribution < -0.4 is 9.80 Å². The number of fused-ring (bicyclic) bond motifs is 6. The van der Waals surface area contributed by atoms with Gasteiger partial charge in [0.05, 0.1) is 11.4 Å². The van der Waals surface area contributed by atoms with E-state index >= 15 is 0 Å². The Kier molecular flexibility index (Phi) is 8.34. The number of para-hydroxylation sites is 3. The van der Waals surface area contributed by atoms with Crippen LogP contribution >= 0.6 is 11.3 Å². The predicted octanol–water partition coefficient (Wildman–Crippen LogP) is 16.2. The SMILES string of the molecule is c1ccc(-c2ccc(N(c3ccc(-c4ccccc4)cc3)c3ccc4c(c3)sc3cccc(N(c5ccccc5)c5cccc6c5oc5ccccc56)c34)cc2)cc1. The number of thiophene rings is 1. The summed E-state index contributed by atoms with van der Waals surface area (Å²) in [7, 11) is 0. The van der Waals surface area contributed by atoms with Crippen molar-refractivity contribution in [2.75, 3.05) is 9.80 Å². The summed E-state index contributed by atoms with van der Waals surface area (Å²) in [5.41, 5.74) is 13.0. The molecule has 0 unspecified atom stereocenters. The minimum atomic E-state index is 0.874. The second kappa shape index (κ2) is 14.3. The van der Waals surface area contributed by atoms with Gasteiger partial charge in [-0.2, -0.15) is 0 Å². The van der Waals surface area contributed by atoms with Crippen molar-refractivity contribution < 1.29 is 4.42 Å². The highest BCUT2D eigenvalue weighted by Gasteiger charge is 2.23. The molecule has 0 N–H and O–H groups in total. The van der Waals surface area contributed by atoms with Crippen LogP contribution in [0.25, 0.3) is 64.4 Å². The largest absolute Gasteiger partial charge is 0.454 e. The highest BCUT2D eigenvalue weighted by atomic mass is 32.1. The van der Waals surface area contributed by atoms with E-state index < -0.39 is 0 Å². The third-order valence-corrected chi connectivity index (χ3v) is 12.2. The average Bonchev–Trinajstić information content (AvgIpc) is 3.87. The highest BCUT2D eigenvalue weighted by molar-refractivity contribution is 7.26. The first-order chi connectivity index (χ1) is 28.8. The molecule has 0 aliphatic rings. The molecule has 2 aromatic heterocycles. The molecule has 0 aliphatic carbocycles. The van der Waals surface area contributed by atoms with Crippen LogP contribution in [0.3, 0.4) is 0 Å². The molecule has 2 heterocycles. The fourth-order valence-electron chi connectivity index (χ4n) is 8.33. The maximum Gasteiger partial charge on any atom is 0.159 e. The minimum Gasteiger partial charge on any atom is -0.454 e. The monoisotopic (exact) mass is 760 g/mol. The molecule has 0 bridgehead atoms. The van der Waals surface area contributed by atoms with Crippen molar-refractivity contribution in [2.45, 2.75) is 0 Å². The molecule has 11 aromatic rings. The van der Waals surface area contributed by atoms with Crippen LogP contribution in [0.1, 0.15) is 0 Å². The van der Waals surface area contributed by atoms with Crippen LogP contribution in [0, 0.1) is 0 Å². The van der Waals surface area contributed by atoms with Gasteiger partial charge in [-0.1, -0.05) is 146 Å². The third kappa shape index (κ3) is 5.90. The second-order valence-electron chi connectivity index (χ2n) is 14.5. The van der Waals surface area contributed by atoms with Crippen molar-refractivity contribution in [1.82, 2.24) is 0 Å². The minimum absolute atomic E-state index is 0.874. The molecule has 3 nitrogen and oxygen atoms in total. The Morgan fingerprint density at radius 3 is 1.52 bits per heavy atom. The van der Waals surface area contributed by atoms with Gasteiger partial charge >= 0.3 is 0 Å². The molecule has 0 saturated heterocycles. The smallest absolute Gasteiger partial charge is 0.159 e. The van der Waals surface area contributed by atoms with E-state index in [1.54, 1.807) is 0 Å². The van der Waals surface area contributed by atoms with Crippen molar-refractivity contribution in [3.63, 3.8) is 0 Å². The summed E-state index contributed by atoms with van der Waals surface area (Å²) in [6.07, 6.45) is 0. The lowest BCUT2D eigenvalue weighted by Crippen LogP contribution is -2.10. The van der Waals surface area contributed by atoms with Crippen molar-refractivity contribution in [3.05, 3.63) is 218 Å². The van der Waals surface area contributed by atoms with Gasteiger partial charge < -0.3 is 14.2 Å². The van der Waals surface area contributed by atoms with Gasteiger partial charge in [-0.25, -0.2) is 0 Å². The summed E-state index contributed by atoms with van der Waals surface area (Å²) in [4.78, 5) is 4.73. The fourth-order valence-corrected chi connectivity index (χ4v) is 9.49. The predicted molar refractivity (Wildman–Crippen MR) is 247 cm³/mol. The molecule has 4 heteroatoms. The standard InChI is InChI=1S/C54H36N2OS/c1-4-14-37(15-5-1)39-26-30-42(31-27-39)55(43-32-28-40(29-33-43)38-16-6-2-7-17-38)44-34-35-47-52(36-44)58-51-25-13-22-48(53(47)51)56(41-18-8-3-9-19-41)49-23-12-21-46-45-20-10-11-24-50(45)57-54(46)49/h1-36H. The second-order valence-corrected chi connectivity index (χ2v) is 15.6. The Morgan fingerprint density at radius 2 is 0.845 bits per heavy atom. The van der Waals surface area contributed by atoms with Gasteiger partial charge in [0.1, 0.15) is 5.58 Å². The molecule has 0 amide bonds. The van der Waals surface area contributed by atoms with Gasteiger partial charge in [0.25, 0.3) is 0 Å². The fraction of sp³-hybridized carbons (Fsp3) is 0. The first-order valence-electron chi connectivity index (χ1n) is 19.6. The summed E-state index contributed by atoms with van der Waals surface area (Å²) in [5.74, 6) is 0. The molecule has 0 atom stereocenters. The topological polar surface area (TPSA) is 19.6 Å². The number of hydrogen-bond donors (Lipinski definition) is 0. The number of anilines is 6. The van der Waals surface area contributed by atoms with Crippen LogP contribution in [0.15, 0.2) is 223 Å². The molecular formula is C54H36N2OS. The van der Waals surface area contributed by atoms with Crippen LogP contribution in [-0.2, 0) is 0 Å². The molecule has 0 radical (unpaired) electrons. The summed E-state index contributed by atoms with van der Waals surface area (Å²) >= 11 is 1.84. The number of nitrogens with zero attached hydrogens (tertiary/aromatic N) is 2. The van der Waals surface area contributed by atoms with E-state index in [9.17, 15) is 0 Å². The molecule has 58 heavy (non-hydrogen) atoms. The first-order valence-corrected chi connectivity index (χ1v) is 20.4. The van der Waals surface area contributed by atoms with Gasteiger partial charge in [-0.15, -0.1) is 11.3 Å². The summed E-state index contributed by atoms with van der Waals surface area (Å²) in [6, 6.07) is 78.0. The van der Waals surface area contributed by atoms with Gasteiger partial charge in [0.2, 0.25) is 0 Å². The quantitative estimate of drug-likeness (QED) is 0.154. The van der Waals surface area contributed by atoms with Crippen molar-refractivity contribution >= 4 is 87.6 Å². The van der Waals surface area contributed by atoms with E-state index in [0.29, 0.717) is 0 Å². The van der Waals surface area contributed by atoms with Gasteiger partial charge in [-0.05, 0) is 95.1 Å². The molecular weight excluding hydrogens is 725 g/mol. The zero-order chi connectivity index (χ0) is 38.4. The molecule has 11 rings (SSSR count). The highest BCUT2D eigenvalue weighted by Crippen LogP contribution is 2.49. The number of furan rings is 1. The van der Waals surface area contributed by atoms with Gasteiger partial charge in [0, 0.05) is 53.7 Å². The summed E-state index contributed by atoms with van der Waals surface area (Å²) in [6.45, 7) is 0. The third-order valence-electron chi connectivity index (χ3n) is 11.1. The van der Waals surface area contributed by atoms with E-state index in [0.717, 1.165) is 56.1 Å². The van der Waals surface area contributed by atoms with Gasteiger partial charge in [-0.3, -0.25) is 0 Å². The van der Waals surface area contributed by atoms with Crippen LogP contribution in [-0.4, -0.2) is 0 Å².